The van der Waals surface area contributed by atoms with Crippen LogP contribution in [0, 0.1) is 0 Å². The Balaban J connectivity index is 2.08. The highest BCUT2D eigenvalue weighted by atomic mass is 32.2. The van der Waals surface area contributed by atoms with Gasteiger partial charge in [-0.1, -0.05) is 4.47 Å². The predicted molar refractivity (Wildman–Crippen MR) is 40.8 cm³/mol. The van der Waals surface area contributed by atoms with E-state index >= 15 is 0 Å². The Kier molecular flexibility index (Phi) is 2.07. The number of nitrogens with zero attached hydrogens (tertiary/aromatic N) is 1. The van der Waals surface area contributed by atoms with Crippen molar-refractivity contribution in [2.75, 3.05) is 26.4 Å². The molecule has 0 atom stereocenters. The van der Waals surface area contributed by atoms with Crippen molar-refractivity contribution in [1.82, 2.24) is 4.47 Å². The molecule has 70 valence electrons. The van der Waals surface area contributed by atoms with E-state index in [1.807, 2.05) is 0 Å². The summed E-state index contributed by atoms with van der Waals surface area (Å²) < 4.78 is 29.0. The Morgan fingerprint density at radius 1 is 1.33 bits per heavy atom. The van der Waals surface area contributed by atoms with Crippen LogP contribution in [0.25, 0.3) is 0 Å². The molecule has 0 aromatic heterocycles. The van der Waals surface area contributed by atoms with Crippen molar-refractivity contribution in [3.63, 3.8) is 0 Å². The van der Waals surface area contributed by atoms with Gasteiger partial charge in [-0.3, -0.25) is 4.84 Å². The van der Waals surface area contributed by atoms with Gasteiger partial charge < -0.3 is 4.74 Å². The normalized spacial score (nSPS) is 27.3. The van der Waals surface area contributed by atoms with Crippen LogP contribution in [0.3, 0.4) is 0 Å². The SMILES string of the molecule is O=S(=O)(C1COC1)N1CCCO1. The molecule has 0 aromatic carbocycles. The molecule has 6 heteroatoms. The van der Waals surface area contributed by atoms with Crippen molar-refractivity contribution in [2.24, 2.45) is 0 Å². The summed E-state index contributed by atoms with van der Waals surface area (Å²) >= 11 is 0. The van der Waals surface area contributed by atoms with Crippen LogP contribution in [-0.2, 0) is 19.6 Å². The number of rotatable bonds is 2. The molecule has 12 heavy (non-hydrogen) atoms. The van der Waals surface area contributed by atoms with Crippen LogP contribution in [0.4, 0.5) is 0 Å². The van der Waals surface area contributed by atoms with Crippen molar-refractivity contribution in [3.8, 4) is 0 Å². The Labute approximate surface area is 71.3 Å². The van der Waals surface area contributed by atoms with Gasteiger partial charge in [-0.05, 0) is 6.42 Å². The minimum atomic E-state index is -3.22. The van der Waals surface area contributed by atoms with Gasteiger partial charge in [0.1, 0.15) is 5.25 Å². The fraction of sp³-hybridized carbons (Fsp3) is 1.00. The molecule has 2 rings (SSSR count). The van der Waals surface area contributed by atoms with Crippen LogP contribution in [0.1, 0.15) is 6.42 Å². The van der Waals surface area contributed by atoms with Crippen molar-refractivity contribution in [3.05, 3.63) is 0 Å². The Morgan fingerprint density at radius 3 is 2.50 bits per heavy atom. The van der Waals surface area contributed by atoms with E-state index in [9.17, 15) is 8.42 Å². The van der Waals surface area contributed by atoms with E-state index in [4.69, 9.17) is 9.57 Å². The molecule has 0 saturated carbocycles. The Morgan fingerprint density at radius 2 is 2.08 bits per heavy atom. The molecule has 0 unspecified atom stereocenters. The third kappa shape index (κ3) is 1.24. The molecule has 0 aliphatic carbocycles. The van der Waals surface area contributed by atoms with E-state index in [1.54, 1.807) is 0 Å². The monoisotopic (exact) mass is 193 g/mol. The maximum absolute atomic E-state index is 11.5. The summed E-state index contributed by atoms with van der Waals surface area (Å²) in [5.74, 6) is 0. The molecular weight excluding hydrogens is 182 g/mol. The molecule has 2 aliphatic rings. The summed E-state index contributed by atoms with van der Waals surface area (Å²) in [5, 5.41) is -0.379. The number of hydrogen-bond donors (Lipinski definition) is 0. The Hall–Kier alpha value is -0.170. The molecule has 5 nitrogen and oxygen atoms in total. The molecule has 2 saturated heterocycles. The maximum atomic E-state index is 11.5. The van der Waals surface area contributed by atoms with Gasteiger partial charge in [0.05, 0.1) is 19.8 Å². The van der Waals surface area contributed by atoms with Crippen LogP contribution < -0.4 is 0 Å². The minimum absolute atomic E-state index is 0.308. The van der Waals surface area contributed by atoms with Crippen molar-refractivity contribution < 1.29 is 18.0 Å². The molecule has 0 spiro atoms. The number of sulfonamides is 1. The topological polar surface area (TPSA) is 55.8 Å². The zero-order valence-corrected chi connectivity index (χ0v) is 7.42. The summed E-state index contributed by atoms with van der Waals surface area (Å²) in [6, 6.07) is 0. The second-order valence-electron chi connectivity index (χ2n) is 2.92. The third-order valence-electron chi connectivity index (χ3n) is 2.03. The largest absolute Gasteiger partial charge is 0.378 e. The first-order valence-corrected chi connectivity index (χ1v) is 5.44. The van der Waals surface area contributed by atoms with Crippen LogP contribution >= 0.6 is 0 Å². The first kappa shape index (κ1) is 8.43. The van der Waals surface area contributed by atoms with Gasteiger partial charge in [0, 0.05) is 6.54 Å². The summed E-state index contributed by atoms with van der Waals surface area (Å²) in [6.07, 6.45) is 0.785. The average Bonchev–Trinajstić information content (AvgIpc) is 2.30. The lowest BCUT2D eigenvalue weighted by Gasteiger charge is -2.28. The maximum Gasteiger partial charge on any atom is 0.243 e. The lowest BCUT2D eigenvalue weighted by atomic mass is 10.4. The van der Waals surface area contributed by atoms with Crippen molar-refractivity contribution in [1.29, 1.82) is 0 Å². The lowest BCUT2D eigenvalue weighted by Crippen LogP contribution is -2.47. The number of ether oxygens (including phenoxy) is 1. The molecule has 0 radical (unpaired) electrons. The van der Waals surface area contributed by atoms with E-state index in [2.05, 4.69) is 0 Å². The summed E-state index contributed by atoms with van der Waals surface area (Å²) in [7, 11) is -3.22. The van der Waals surface area contributed by atoms with E-state index < -0.39 is 10.0 Å². The first-order chi connectivity index (χ1) is 5.71. The molecule has 2 aliphatic heterocycles. The first-order valence-electron chi connectivity index (χ1n) is 3.93. The van der Waals surface area contributed by atoms with E-state index in [0.29, 0.717) is 26.4 Å². The zero-order chi connectivity index (χ0) is 8.60. The summed E-state index contributed by atoms with van der Waals surface area (Å²) in [5.41, 5.74) is 0. The van der Waals surface area contributed by atoms with Gasteiger partial charge in [-0.25, -0.2) is 8.42 Å². The molecule has 2 heterocycles. The highest BCUT2D eigenvalue weighted by Crippen LogP contribution is 2.20. The summed E-state index contributed by atoms with van der Waals surface area (Å²) in [4.78, 5) is 4.96. The quantitative estimate of drug-likeness (QED) is 0.585. The second-order valence-corrected chi connectivity index (χ2v) is 5.02. The summed E-state index contributed by atoms with van der Waals surface area (Å²) in [6.45, 7) is 1.61. The lowest BCUT2D eigenvalue weighted by molar-refractivity contribution is -0.0373. The minimum Gasteiger partial charge on any atom is -0.378 e. The van der Waals surface area contributed by atoms with Crippen molar-refractivity contribution in [2.45, 2.75) is 11.7 Å². The van der Waals surface area contributed by atoms with Gasteiger partial charge in [0.25, 0.3) is 0 Å². The van der Waals surface area contributed by atoms with Crippen LogP contribution in [0.2, 0.25) is 0 Å². The van der Waals surface area contributed by atoms with Crippen LogP contribution in [0.5, 0.6) is 0 Å². The third-order valence-corrected chi connectivity index (χ3v) is 4.00. The van der Waals surface area contributed by atoms with Gasteiger partial charge in [0.2, 0.25) is 10.0 Å². The van der Waals surface area contributed by atoms with E-state index in [0.717, 1.165) is 10.9 Å². The second kappa shape index (κ2) is 2.95. The van der Waals surface area contributed by atoms with Crippen LogP contribution in [0.15, 0.2) is 0 Å². The van der Waals surface area contributed by atoms with E-state index in [1.165, 1.54) is 0 Å². The smallest absolute Gasteiger partial charge is 0.243 e. The van der Waals surface area contributed by atoms with Crippen molar-refractivity contribution >= 4 is 10.0 Å². The number of hydrogen-bond acceptors (Lipinski definition) is 4. The zero-order valence-electron chi connectivity index (χ0n) is 6.60. The predicted octanol–water partition coefficient (Wildman–Crippen LogP) is -0.648. The fourth-order valence-electron chi connectivity index (χ4n) is 1.18. The van der Waals surface area contributed by atoms with E-state index in [-0.39, 0.29) is 5.25 Å². The molecule has 2 fully saturated rings. The van der Waals surface area contributed by atoms with Gasteiger partial charge in [-0.15, -0.1) is 0 Å². The average molecular weight is 193 g/mol. The van der Waals surface area contributed by atoms with Gasteiger partial charge >= 0.3 is 0 Å². The highest BCUT2D eigenvalue weighted by molar-refractivity contribution is 7.89. The molecule has 0 bridgehead atoms. The van der Waals surface area contributed by atoms with Gasteiger partial charge in [0.15, 0.2) is 0 Å². The highest BCUT2D eigenvalue weighted by Gasteiger charge is 2.39. The number of hydroxylamine groups is 1. The standard InChI is InChI=1S/C6H11NO4S/c8-12(9,6-4-10-5-6)7-2-1-3-11-7/h6H,1-5H2. The molecule has 0 aromatic rings. The Bertz CT molecular complexity index is 253. The van der Waals surface area contributed by atoms with Gasteiger partial charge in [-0.2, -0.15) is 0 Å². The molecular formula is C6H11NO4S. The van der Waals surface area contributed by atoms with Crippen LogP contribution in [-0.4, -0.2) is 44.5 Å². The fourth-order valence-corrected chi connectivity index (χ4v) is 2.65. The molecule has 0 amide bonds. The molecule has 0 N–H and O–H groups in total.